The van der Waals surface area contributed by atoms with Crippen LogP contribution in [0.3, 0.4) is 0 Å². The molecule has 0 saturated heterocycles. The van der Waals surface area contributed by atoms with Gasteiger partial charge in [-0.1, -0.05) is 0 Å². The van der Waals surface area contributed by atoms with Gasteiger partial charge in [0, 0.05) is 0 Å². The first kappa shape index (κ1) is 22.7. The molecule has 0 amide bonds. The molecule has 0 saturated carbocycles. The summed E-state index contributed by atoms with van der Waals surface area (Å²) in [5.74, 6) is 0. The zero-order valence-corrected chi connectivity index (χ0v) is 21.1. The average molecular weight is 521 g/mol. The summed E-state index contributed by atoms with van der Waals surface area (Å²) >= 11 is 6.34. The molecule has 0 bridgehead atoms. The first-order valence-electron chi connectivity index (χ1n) is 10.4. The fourth-order valence-electron chi connectivity index (χ4n) is 4.64. The van der Waals surface area contributed by atoms with Crippen molar-refractivity contribution in [3.8, 4) is 0 Å². The van der Waals surface area contributed by atoms with E-state index in [0.717, 1.165) is 16.3 Å². The molecule has 0 N–H and O–H groups in total. The van der Waals surface area contributed by atoms with Crippen LogP contribution in [-0.4, -0.2) is 11.6 Å². The van der Waals surface area contributed by atoms with Crippen LogP contribution >= 0.6 is 35.2 Å². The molecule has 0 aliphatic rings. The first-order valence-corrected chi connectivity index (χ1v) is 13.4. The van der Waals surface area contributed by atoms with Crippen LogP contribution in [0.4, 0.5) is 0 Å². The third kappa shape index (κ3) is 3.39. The van der Waals surface area contributed by atoms with Crippen LogP contribution in [0.25, 0.3) is 10.9 Å². The Morgan fingerprint density at radius 1 is 0.594 bits per heavy atom. The van der Waals surface area contributed by atoms with Gasteiger partial charge in [-0.3, -0.25) is 0 Å². The SMILES string of the molecule is Br.CP(c1ccccc1)(c1ccccc1)(c1ccccc1)c1ccc2ccc(Cl)cc2n1. The molecule has 0 spiro atoms. The molecular formula is C28H24BrClNP. The zero-order valence-electron chi connectivity index (χ0n) is 17.7. The minimum absolute atomic E-state index is 0. The quantitative estimate of drug-likeness (QED) is 0.255. The van der Waals surface area contributed by atoms with E-state index in [1.165, 1.54) is 15.9 Å². The van der Waals surface area contributed by atoms with Crippen molar-refractivity contribution in [3.63, 3.8) is 0 Å². The van der Waals surface area contributed by atoms with E-state index < -0.39 is 6.60 Å². The predicted octanol–water partition coefficient (Wildman–Crippen LogP) is 6.25. The molecule has 0 radical (unpaired) electrons. The van der Waals surface area contributed by atoms with Crippen LogP contribution < -0.4 is 21.3 Å². The average Bonchev–Trinajstić information content (AvgIpc) is 2.85. The van der Waals surface area contributed by atoms with E-state index in [0.29, 0.717) is 5.02 Å². The van der Waals surface area contributed by atoms with Crippen LogP contribution in [0.5, 0.6) is 0 Å². The number of rotatable bonds is 4. The maximum absolute atomic E-state index is 6.34. The first-order chi connectivity index (χ1) is 15.1. The van der Waals surface area contributed by atoms with Crippen molar-refractivity contribution in [3.05, 3.63) is 126 Å². The number of pyridine rings is 1. The molecule has 1 heterocycles. The van der Waals surface area contributed by atoms with Crippen molar-refractivity contribution in [2.75, 3.05) is 6.66 Å². The van der Waals surface area contributed by atoms with Gasteiger partial charge in [0.2, 0.25) is 0 Å². The van der Waals surface area contributed by atoms with Gasteiger partial charge < -0.3 is 0 Å². The number of nitrogens with zero attached hydrogens (tertiary/aromatic N) is 1. The molecule has 32 heavy (non-hydrogen) atoms. The van der Waals surface area contributed by atoms with Crippen LogP contribution in [0, 0.1) is 0 Å². The summed E-state index contributed by atoms with van der Waals surface area (Å²) in [4.78, 5) is 5.28. The van der Waals surface area contributed by atoms with Crippen LogP contribution in [0.1, 0.15) is 0 Å². The Balaban J connectivity index is 0.00000245. The minimum atomic E-state index is -3.11. The molecule has 4 aromatic carbocycles. The van der Waals surface area contributed by atoms with Crippen molar-refractivity contribution >= 4 is 67.4 Å². The molecule has 0 aliphatic carbocycles. The third-order valence-corrected chi connectivity index (χ3v) is 12.8. The fraction of sp³-hybridized carbons (Fsp3) is 0.0357. The molecule has 1 aromatic heterocycles. The second kappa shape index (κ2) is 8.79. The Morgan fingerprint density at radius 3 is 1.50 bits per heavy atom. The molecule has 1 nitrogen and oxygen atoms in total. The van der Waals surface area contributed by atoms with Gasteiger partial charge in [0.15, 0.2) is 0 Å². The topological polar surface area (TPSA) is 12.9 Å². The zero-order chi connectivity index (χ0) is 21.3. The summed E-state index contributed by atoms with van der Waals surface area (Å²) < 4.78 is 0. The number of benzene rings is 4. The van der Waals surface area contributed by atoms with E-state index in [4.69, 9.17) is 16.6 Å². The van der Waals surface area contributed by atoms with Crippen molar-refractivity contribution < 1.29 is 0 Å². The summed E-state index contributed by atoms with van der Waals surface area (Å²) in [7, 11) is 0. The molecule has 4 heteroatoms. The van der Waals surface area contributed by atoms with Crippen LogP contribution in [0.15, 0.2) is 121 Å². The molecule has 160 valence electrons. The van der Waals surface area contributed by atoms with Gasteiger partial charge in [-0.15, -0.1) is 17.0 Å². The molecule has 5 rings (SSSR count). The number of fused-ring (bicyclic) bond motifs is 1. The Morgan fingerprint density at radius 2 is 1.03 bits per heavy atom. The molecule has 0 atom stereocenters. The van der Waals surface area contributed by atoms with E-state index in [2.05, 4.69) is 110 Å². The Labute approximate surface area is 204 Å². The van der Waals surface area contributed by atoms with E-state index in [9.17, 15) is 0 Å². The molecule has 0 fully saturated rings. The van der Waals surface area contributed by atoms with Gasteiger partial charge in [0.25, 0.3) is 0 Å². The van der Waals surface area contributed by atoms with Crippen molar-refractivity contribution in [1.29, 1.82) is 0 Å². The van der Waals surface area contributed by atoms with Crippen molar-refractivity contribution in [2.45, 2.75) is 0 Å². The normalized spacial score (nSPS) is 12.5. The summed E-state index contributed by atoms with van der Waals surface area (Å²) in [6, 6.07) is 42.8. The van der Waals surface area contributed by atoms with Crippen LogP contribution in [0.2, 0.25) is 5.02 Å². The van der Waals surface area contributed by atoms with Gasteiger partial charge in [0.1, 0.15) is 0 Å². The second-order valence-corrected chi connectivity index (χ2v) is 13.7. The van der Waals surface area contributed by atoms with Crippen molar-refractivity contribution in [2.24, 2.45) is 0 Å². The number of aromatic nitrogens is 1. The van der Waals surface area contributed by atoms with Gasteiger partial charge in [-0.2, -0.15) is 0 Å². The third-order valence-electron chi connectivity index (χ3n) is 6.42. The molecular weight excluding hydrogens is 497 g/mol. The maximum atomic E-state index is 6.34. The molecule has 0 unspecified atom stereocenters. The second-order valence-electron chi connectivity index (χ2n) is 8.08. The Hall–Kier alpha value is -2.51. The van der Waals surface area contributed by atoms with E-state index in [-0.39, 0.29) is 17.0 Å². The van der Waals surface area contributed by atoms with Gasteiger partial charge in [-0.25, -0.2) is 0 Å². The summed E-state index contributed by atoms with van der Waals surface area (Å²) in [6.45, 7) is -0.691. The van der Waals surface area contributed by atoms with Crippen LogP contribution in [-0.2, 0) is 0 Å². The Kier molecular flexibility index (Phi) is 6.23. The fourth-order valence-corrected chi connectivity index (χ4v) is 10.0. The van der Waals surface area contributed by atoms with Gasteiger partial charge in [-0.05, 0) is 0 Å². The van der Waals surface area contributed by atoms with Gasteiger partial charge in [0.05, 0.1) is 0 Å². The van der Waals surface area contributed by atoms with E-state index >= 15 is 0 Å². The van der Waals surface area contributed by atoms with E-state index in [1.807, 2.05) is 18.2 Å². The summed E-state index contributed by atoms with van der Waals surface area (Å²) in [5.41, 5.74) is 2.01. The standard InChI is InChI=1S/C28H23ClNP.BrH/c1-31(24-11-5-2-6-12-24,25-13-7-3-8-14-25,26-15-9-4-10-16-26)28-20-18-22-17-19-23(29)21-27(22)30-28;/h2-21H,1H3;1H. The molecule has 5 aromatic rings. The monoisotopic (exact) mass is 519 g/mol. The molecule has 0 aliphatic heterocycles. The number of hydrogen-bond acceptors (Lipinski definition) is 1. The Bertz CT molecular complexity index is 1260. The van der Waals surface area contributed by atoms with Crippen molar-refractivity contribution in [1.82, 2.24) is 4.98 Å². The van der Waals surface area contributed by atoms with Gasteiger partial charge >= 0.3 is 188 Å². The number of halogens is 2. The number of hydrogen-bond donors (Lipinski definition) is 0. The predicted molar refractivity (Wildman–Crippen MR) is 148 cm³/mol. The summed E-state index contributed by atoms with van der Waals surface area (Å²) in [6.07, 6.45) is 0. The summed E-state index contributed by atoms with van der Waals surface area (Å²) in [5, 5.41) is 5.67. The van der Waals surface area contributed by atoms with E-state index in [1.54, 1.807) is 0 Å².